The maximum Gasteiger partial charge on any atom is 0.413 e. The summed E-state index contributed by atoms with van der Waals surface area (Å²) < 4.78 is 7.39. The first kappa shape index (κ1) is 21.7. The second-order valence-corrected chi connectivity index (χ2v) is 8.68. The van der Waals surface area contributed by atoms with Crippen molar-refractivity contribution in [1.82, 2.24) is 29.7 Å². The Balaban J connectivity index is 1.35. The zero-order chi connectivity index (χ0) is 24.0. The Hall–Kier alpha value is -4.10. The lowest BCUT2D eigenvalue weighted by Gasteiger charge is -2.36. The van der Waals surface area contributed by atoms with E-state index >= 15 is 0 Å². The summed E-state index contributed by atoms with van der Waals surface area (Å²) in [6.07, 6.45) is 4.30. The Morgan fingerprint density at radius 1 is 1.38 bits per heavy atom. The molecule has 2 amide bonds. The summed E-state index contributed by atoms with van der Waals surface area (Å²) in [4.78, 5) is 38.4. The number of ether oxygens (including phenoxy) is 1. The van der Waals surface area contributed by atoms with Crippen LogP contribution in [-0.2, 0) is 11.8 Å². The molecule has 1 aliphatic rings. The van der Waals surface area contributed by atoms with E-state index < -0.39 is 12.1 Å². The topological polar surface area (TPSA) is 129 Å². The maximum absolute atomic E-state index is 12.4. The van der Waals surface area contributed by atoms with Gasteiger partial charge in [-0.1, -0.05) is 17.7 Å². The molecule has 34 heavy (non-hydrogen) atoms. The first-order valence-electron chi connectivity index (χ1n) is 10.6. The van der Waals surface area contributed by atoms with Crippen LogP contribution in [0.15, 0.2) is 36.8 Å². The van der Waals surface area contributed by atoms with Crippen LogP contribution in [0.5, 0.6) is 5.75 Å². The molecule has 0 aliphatic carbocycles. The quantitative estimate of drug-likeness (QED) is 0.464. The van der Waals surface area contributed by atoms with E-state index in [4.69, 9.17) is 21.6 Å². The number of amides is 2. The van der Waals surface area contributed by atoms with E-state index in [-0.39, 0.29) is 17.6 Å². The van der Waals surface area contributed by atoms with Crippen LogP contribution in [0, 0.1) is 17.2 Å². The minimum Gasteiger partial charge on any atom is -0.406 e. The molecule has 1 aliphatic heterocycles. The molecule has 1 aromatic carbocycles. The van der Waals surface area contributed by atoms with Crippen LogP contribution in [0.25, 0.3) is 33.3 Å². The van der Waals surface area contributed by atoms with Crippen molar-refractivity contribution in [2.75, 3.05) is 13.1 Å². The number of fused-ring (bicyclic) bond motifs is 2. The zero-order valence-electron chi connectivity index (χ0n) is 18.4. The Morgan fingerprint density at radius 2 is 2.18 bits per heavy atom. The molecule has 0 bridgehead atoms. The second kappa shape index (κ2) is 8.35. The Labute approximate surface area is 199 Å². The monoisotopic (exact) mass is 477 g/mol. The van der Waals surface area contributed by atoms with Gasteiger partial charge in [-0.05, 0) is 19.1 Å². The van der Waals surface area contributed by atoms with Gasteiger partial charge in [-0.2, -0.15) is 5.26 Å². The minimum atomic E-state index is -0.790. The number of halogens is 1. The number of nitrogens with one attached hydrogen (secondary N) is 2. The number of H-pyrrole nitrogens is 1. The van der Waals surface area contributed by atoms with Crippen molar-refractivity contribution < 1.29 is 14.3 Å². The van der Waals surface area contributed by atoms with Gasteiger partial charge in [-0.25, -0.2) is 14.8 Å². The van der Waals surface area contributed by atoms with Crippen LogP contribution >= 0.6 is 11.6 Å². The SMILES string of the molecule is C[C@@H](NC(=O)Oc1c[nH]c2ncc(-c3cn(C)c4cc(Cl)ccc34)nc12)C(=O)N1CC(C#N)C1. The Morgan fingerprint density at radius 3 is 2.94 bits per heavy atom. The van der Waals surface area contributed by atoms with Crippen LogP contribution in [0.1, 0.15) is 6.92 Å². The van der Waals surface area contributed by atoms with Gasteiger partial charge in [0, 0.05) is 54.0 Å². The van der Waals surface area contributed by atoms with Crippen molar-refractivity contribution in [2.45, 2.75) is 13.0 Å². The van der Waals surface area contributed by atoms with Crippen molar-refractivity contribution in [2.24, 2.45) is 13.0 Å². The summed E-state index contributed by atoms with van der Waals surface area (Å²) in [5, 5.41) is 13.0. The number of hydrogen-bond acceptors (Lipinski definition) is 6. The lowest BCUT2D eigenvalue weighted by molar-refractivity contribution is -0.137. The molecule has 10 nitrogen and oxygen atoms in total. The number of aromatic amines is 1. The first-order chi connectivity index (χ1) is 16.3. The lowest BCUT2D eigenvalue weighted by Crippen LogP contribution is -2.56. The number of rotatable bonds is 4. The number of carbonyl (C=O) groups excluding carboxylic acids is 2. The third-order valence-electron chi connectivity index (χ3n) is 5.86. The predicted octanol–water partition coefficient (Wildman–Crippen LogP) is 3.23. The molecule has 11 heteroatoms. The molecule has 1 atom stereocenters. The standard InChI is InChI=1S/C23H20ClN7O3/c1-12(22(32)31-9-13(6-25)10-31)28-23(33)34-19-8-27-21-20(19)29-17(7-26-21)16-11-30(2)18-5-14(24)3-4-15(16)18/h3-5,7-8,11-13H,9-10H2,1-2H3,(H,26,27)(H,28,33)/t12-/m1/s1. The summed E-state index contributed by atoms with van der Waals surface area (Å²) in [5.74, 6) is -0.223. The predicted molar refractivity (Wildman–Crippen MR) is 125 cm³/mol. The molecule has 1 fully saturated rings. The van der Waals surface area contributed by atoms with Crippen molar-refractivity contribution in [3.8, 4) is 23.1 Å². The van der Waals surface area contributed by atoms with Gasteiger partial charge >= 0.3 is 6.09 Å². The number of carbonyl (C=O) groups is 2. The largest absolute Gasteiger partial charge is 0.413 e. The van der Waals surface area contributed by atoms with E-state index in [1.54, 1.807) is 13.1 Å². The number of aryl methyl sites for hydroxylation is 1. The molecule has 0 unspecified atom stereocenters. The fourth-order valence-corrected chi connectivity index (χ4v) is 4.19. The molecule has 172 valence electrons. The smallest absolute Gasteiger partial charge is 0.406 e. The van der Waals surface area contributed by atoms with Gasteiger partial charge in [0.15, 0.2) is 16.9 Å². The first-order valence-corrected chi connectivity index (χ1v) is 11.0. The van der Waals surface area contributed by atoms with Crippen molar-refractivity contribution >= 4 is 45.7 Å². The number of nitriles is 1. The Bertz CT molecular complexity index is 1480. The molecule has 4 aromatic rings. The van der Waals surface area contributed by atoms with Gasteiger partial charge in [0.25, 0.3) is 0 Å². The van der Waals surface area contributed by atoms with Gasteiger partial charge in [0.2, 0.25) is 5.91 Å². The highest BCUT2D eigenvalue weighted by Crippen LogP contribution is 2.32. The minimum absolute atomic E-state index is 0.152. The van der Waals surface area contributed by atoms with E-state index in [0.717, 1.165) is 16.5 Å². The van der Waals surface area contributed by atoms with Crippen LogP contribution in [0.2, 0.25) is 5.02 Å². The van der Waals surface area contributed by atoms with E-state index in [1.165, 1.54) is 11.1 Å². The molecule has 3 aromatic heterocycles. The number of aromatic nitrogens is 4. The molecule has 5 rings (SSSR count). The third-order valence-corrected chi connectivity index (χ3v) is 6.09. The van der Waals surface area contributed by atoms with Crippen LogP contribution in [-0.4, -0.2) is 55.6 Å². The average Bonchev–Trinajstić information content (AvgIpc) is 3.33. The van der Waals surface area contributed by atoms with Crippen molar-refractivity contribution in [1.29, 1.82) is 5.26 Å². The Kier molecular flexibility index (Phi) is 5.34. The van der Waals surface area contributed by atoms with E-state index in [0.29, 0.717) is 35.0 Å². The highest BCUT2D eigenvalue weighted by molar-refractivity contribution is 6.31. The third kappa shape index (κ3) is 3.80. The number of benzene rings is 1. The van der Waals surface area contributed by atoms with Crippen LogP contribution in [0.4, 0.5) is 4.79 Å². The summed E-state index contributed by atoms with van der Waals surface area (Å²) in [5.41, 5.74) is 3.28. The summed E-state index contributed by atoms with van der Waals surface area (Å²) in [6.45, 7) is 2.32. The fraction of sp³-hybridized carbons (Fsp3) is 0.261. The van der Waals surface area contributed by atoms with Crippen molar-refractivity contribution in [3.63, 3.8) is 0 Å². The zero-order valence-corrected chi connectivity index (χ0v) is 19.1. The van der Waals surface area contributed by atoms with Gasteiger partial charge in [0.1, 0.15) is 6.04 Å². The number of likely N-dealkylation sites (tertiary alicyclic amines) is 1. The molecular weight excluding hydrogens is 458 g/mol. The van der Waals surface area contributed by atoms with Crippen molar-refractivity contribution in [3.05, 3.63) is 41.8 Å². The van der Waals surface area contributed by atoms with Gasteiger partial charge in [-0.3, -0.25) is 4.79 Å². The van der Waals surface area contributed by atoms with E-state index in [2.05, 4.69) is 26.3 Å². The molecule has 2 N–H and O–H groups in total. The highest BCUT2D eigenvalue weighted by Gasteiger charge is 2.33. The molecule has 0 spiro atoms. The molecular formula is C23H20ClN7O3. The molecule has 0 radical (unpaired) electrons. The second-order valence-electron chi connectivity index (χ2n) is 8.25. The lowest BCUT2D eigenvalue weighted by atomic mass is 10.0. The number of hydrogen-bond donors (Lipinski definition) is 2. The summed E-state index contributed by atoms with van der Waals surface area (Å²) in [7, 11) is 1.92. The van der Waals surface area contributed by atoms with Gasteiger partial charge < -0.3 is 24.5 Å². The fourth-order valence-electron chi connectivity index (χ4n) is 4.02. The van der Waals surface area contributed by atoms with E-state index in [1.807, 2.05) is 36.0 Å². The molecule has 4 heterocycles. The van der Waals surface area contributed by atoms with Gasteiger partial charge in [-0.15, -0.1) is 0 Å². The molecule has 1 saturated heterocycles. The maximum atomic E-state index is 12.4. The number of nitrogens with zero attached hydrogens (tertiary/aromatic N) is 5. The summed E-state index contributed by atoms with van der Waals surface area (Å²) in [6, 6.07) is 6.95. The van der Waals surface area contributed by atoms with Gasteiger partial charge in [0.05, 0.1) is 23.9 Å². The van der Waals surface area contributed by atoms with Crippen LogP contribution in [0.3, 0.4) is 0 Å². The van der Waals surface area contributed by atoms with Crippen LogP contribution < -0.4 is 10.1 Å². The average molecular weight is 478 g/mol. The molecule has 0 saturated carbocycles. The highest BCUT2D eigenvalue weighted by atomic mass is 35.5. The normalized spacial score (nSPS) is 14.6. The van der Waals surface area contributed by atoms with E-state index in [9.17, 15) is 9.59 Å². The summed E-state index contributed by atoms with van der Waals surface area (Å²) >= 11 is 6.14.